The van der Waals surface area contributed by atoms with E-state index in [1.54, 1.807) is 34.9 Å². The summed E-state index contributed by atoms with van der Waals surface area (Å²) in [5.74, 6) is 0.721. The van der Waals surface area contributed by atoms with E-state index in [1.165, 1.54) is 6.07 Å². The first kappa shape index (κ1) is 15.8. The van der Waals surface area contributed by atoms with Gasteiger partial charge in [-0.3, -0.25) is 4.79 Å². The van der Waals surface area contributed by atoms with E-state index in [1.807, 2.05) is 54.6 Å². The van der Waals surface area contributed by atoms with Crippen molar-refractivity contribution in [2.45, 2.75) is 0 Å². The predicted octanol–water partition coefficient (Wildman–Crippen LogP) is 3.09. The van der Waals surface area contributed by atoms with Crippen LogP contribution in [0.2, 0.25) is 0 Å². The first-order valence-electron chi connectivity index (χ1n) is 8.10. The molecule has 0 atom stereocenters. The lowest BCUT2D eigenvalue weighted by Crippen LogP contribution is -2.14. The lowest BCUT2D eigenvalue weighted by atomic mass is 10.2. The Bertz CT molecular complexity index is 1100. The summed E-state index contributed by atoms with van der Waals surface area (Å²) in [4.78, 5) is 12.5. The fourth-order valence-electron chi connectivity index (χ4n) is 2.74. The van der Waals surface area contributed by atoms with E-state index in [2.05, 4.69) is 10.2 Å². The van der Waals surface area contributed by atoms with Crippen LogP contribution in [0.5, 0.6) is 5.75 Å². The van der Waals surface area contributed by atoms with Gasteiger partial charge in [0.05, 0.1) is 30.4 Å². The van der Waals surface area contributed by atoms with Crippen LogP contribution in [0.25, 0.3) is 22.8 Å². The van der Waals surface area contributed by atoms with Crippen LogP contribution in [0.1, 0.15) is 0 Å². The van der Waals surface area contributed by atoms with E-state index in [4.69, 9.17) is 4.74 Å². The highest BCUT2D eigenvalue weighted by molar-refractivity contribution is 5.57. The minimum atomic E-state index is -0.165. The van der Waals surface area contributed by atoms with Crippen molar-refractivity contribution >= 4 is 0 Å². The Hall–Kier alpha value is -3.67. The molecule has 0 saturated heterocycles. The van der Waals surface area contributed by atoms with Gasteiger partial charge in [0, 0.05) is 18.3 Å². The Morgan fingerprint density at radius 3 is 2.54 bits per heavy atom. The first-order valence-corrected chi connectivity index (χ1v) is 8.10. The maximum Gasteiger partial charge on any atom is 0.209 e. The zero-order chi connectivity index (χ0) is 17.9. The molecule has 0 N–H and O–H groups in total. The second-order valence-electron chi connectivity index (χ2n) is 5.64. The molecule has 2 aromatic heterocycles. The Labute approximate surface area is 149 Å². The van der Waals surface area contributed by atoms with E-state index in [-0.39, 0.29) is 5.43 Å². The van der Waals surface area contributed by atoms with Crippen LogP contribution in [-0.2, 0) is 0 Å². The Morgan fingerprint density at radius 2 is 1.73 bits per heavy atom. The van der Waals surface area contributed by atoms with Crippen molar-refractivity contribution in [1.82, 2.24) is 19.6 Å². The molecule has 0 bridgehead atoms. The van der Waals surface area contributed by atoms with Crippen LogP contribution in [0.15, 0.2) is 83.9 Å². The number of methoxy groups -OCH3 is 1. The third kappa shape index (κ3) is 2.88. The molecule has 2 aromatic carbocycles. The third-order valence-electron chi connectivity index (χ3n) is 4.01. The molecule has 0 aliphatic heterocycles. The van der Waals surface area contributed by atoms with Crippen molar-refractivity contribution < 1.29 is 4.74 Å². The van der Waals surface area contributed by atoms with Gasteiger partial charge in [0.2, 0.25) is 5.43 Å². The molecular weight excluding hydrogens is 328 g/mol. The average Bonchev–Trinajstić information content (AvgIpc) is 3.18. The summed E-state index contributed by atoms with van der Waals surface area (Å²) in [5, 5.41) is 8.88. The van der Waals surface area contributed by atoms with Gasteiger partial charge in [0.1, 0.15) is 5.75 Å². The molecule has 6 nitrogen and oxygen atoms in total. The van der Waals surface area contributed by atoms with Crippen molar-refractivity contribution in [2.75, 3.05) is 7.11 Å². The predicted molar refractivity (Wildman–Crippen MR) is 98.9 cm³/mol. The molecule has 0 fully saturated rings. The SMILES string of the molecule is COc1cccc(-n2ccc(=O)c(-c3ccnn3-c3ccccc3)n2)c1. The molecule has 2 heterocycles. The van der Waals surface area contributed by atoms with Crippen LogP contribution in [0.4, 0.5) is 0 Å². The largest absolute Gasteiger partial charge is 0.497 e. The number of para-hydroxylation sites is 1. The second-order valence-corrected chi connectivity index (χ2v) is 5.64. The number of benzene rings is 2. The highest BCUT2D eigenvalue weighted by Gasteiger charge is 2.13. The standard InChI is InChI=1S/C20H16N4O2/c1-26-17-9-5-8-16(14-17)23-13-11-19(25)20(22-23)18-10-12-21-24(18)15-6-3-2-4-7-15/h2-14H,1H3. The molecule has 0 aliphatic carbocycles. The van der Waals surface area contributed by atoms with Gasteiger partial charge in [-0.05, 0) is 30.3 Å². The lowest BCUT2D eigenvalue weighted by molar-refractivity contribution is 0.414. The maximum atomic E-state index is 12.5. The van der Waals surface area contributed by atoms with E-state index >= 15 is 0 Å². The highest BCUT2D eigenvalue weighted by Crippen LogP contribution is 2.19. The van der Waals surface area contributed by atoms with Crippen LogP contribution < -0.4 is 10.2 Å². The summed E-state index contributed by atoms with van der Waals surface area (Å²) in [6, 6.07) is 20.4. The topological polar surface area (TPSA) is 61.9 Å². The number of hydrogen-bond donors (Lipinski definition) is 0. The fourth-order valence-corrected chi connectivity index (χ4v) is 2.74. The summed E-state index contributed by atoms with van der Waals surface area (Å²) in [6.07, 6.45) is 3.30. The van der Waals surface area contributed by atoms with Gasteiger partial charge >= 0.3 is 0 Å². The summed E-state index contributed by atoms with van der Waals surface area (Å²) in [6.45, 7) is 0. The lowest BCUT2D eigenvalue weighted by Gasteiger charge is -2.10. The van der Waals surface area contributed by atoms with Crippen molar-refractivity contribution in [1.29, 1.82) is 0 Å². The van der Waals surface area contributed by atoms with E-state index in [0.29, 0.717) is 11.4 Å². The molecule has 4 rings (SSSR count). The van der Waals surface area contributed by atoms with E-state index < -0.39 is 0 Å². The summed E-state index contributed by atoms with van der Waals surface area (Å²) in [7, 11) is 1.61. The van der Waals surface area contributed by atoms with Crippen LogP contribution in [0.3, 0.4) is 0 Å². The van der Waals surface area contributed by atoms with Gasteiger partial charge in [-0.1, -0.05) is 24.3 Å². The van der Waals surface area contributed by atoms with Gasteiger partial charge in [-0.25, -0.2) is 9.36 Å². The zero-order valence-corrected chi connectivity index (χ0v) is 14.1. The van der Waals surface area contributed by atoms with Gasteiger partial charge < -0.3 is 4.74 Å². The molecule has 4 aromatic rings. The van der Waals surface area contributed by atoms with Gasteiger partial charge in [-0.2, -0.15) is 10.2 Å². The smallest absolute Gasteiger partial charge is 0.209 e. The Morgan fingerprint density at radius 1 is 0.923 bits per heavy atom. The second kappa shape index (κ2) is 6.68. The number of hydrogen-bond acceptors (Lipinski definition) is 4. The molecule has 0 amide bonds. The Kier molecular flexibility index (Phi) is 4.07. The molecule has 6 heteroatoms. The molecule has 0 saturated carbocycles. The van der Waals surface area contributed by atoms with Gasteiger partial charge in [-0.15, -0.1) is 0 Å². The summed E-state index contributed by atoms with van der Waals surface area (Å²) in [5.41, 5.74) is 2.47. The van der Waals surface area contributed by atoms with E-state index in [9.17, 15) is 4.79 Å². The molecule has 128 valence electrons. The van der Waals surface area contributed by atoms with Crippen LogP contribution in [0, 0.1) is 0 Å². The first-order chi connectivity index (χ1) is 12.8. The quantitative estimate of drug-likeness (QED) is 0.571. The third-order valence-corrected chi connectivity index (χ3v) is 4.01. The van der Waals surface area contributed by atoms with Gasteiger partial charge in [0.15, 0.2) is 5.69 Å². The van der Waals surface area contributed by atoms with Crippen LogP contribution >= 0.6 is 0 Å². The van der Waals surface area contributed by atoms with Crippen molar-refractivity contribution in [3.63, 3.8) is 0 Å². The maximum absolute atomic E-state index is 12.5. The highest BCUT2D eigenvalue weighted by atomic mass is 16.5. The molecule has 0 aliphatic rings. The van der Waals surface area contributed by atoms with E-state index in [0.717, 1.165) is 17.1 Å². The molecular formula is C20H16N4O2. The fraction of sp³-hybridized carbons (Fsp3) is 0.0500. The molecule has 0 radical (unpaired) electrons. The van der Waals surface area contributed by atoms with Gasteiger partial charge in [0.25, 0.3) is 0 Å². The normalized spacial score (nSPS) is 10.7. The van der Waals surface area contributed by atoms with Crippen molar-refractivity contribution in [3.8, 4) is 28.5 Å². The number of ether oxygens (including phenoxy) is 1. The monoisotopic (exact) mass is 344 g/mol. The summed E-state index contributed by atoms with van der Waals surface area (Å²) >= 11 is 0. The zero-order valence-electron chi connectivity index (χ0n) is 14.1. The number of nitrogens with zero attached hydrogens (tertiary/aromatic N) is 4. The van der Waals surface area contributed by atoms with Crippen LogP contribution in [-0.4, -0.2) is 26.7 Å². The molecule has 0 spiro atoms. The minimum absolute atomic E-state index is 0.165. The molecule has 0 unspecified atom stereocenters. The number of rotatable bonds is 4. The van der Waals surface area contributed by atoms with Crippen molar-refractivity contribution in [3.05, 3.63) is 89.3 Å². The van der Waals surface area contributed by atoms with Crippen molar-refractivity contribution in [2.24, 2.45) is 0 Å². The minimum Gasteiger partial charge on any atom is -0.497 e. The average molecular weight is 344 g/mol. The molecule has 26 heavy (non-hydrogen) atoms. The number of aromatic nitrogens is 4. The summed E-state index contributed by atoms with van der Waals surface area (Å²) < 4.78 is 8.62. The Balaban J connectivity index is 1.84.